The molecule has 1 saturated heterocycles. The van der Waals surface area contributed by atoms with Crippen molar-refractivity contribution in [1.82, 2.24) is 9.78 Å². The molecule has 3 rings (SSSR count). The third-order valence-electron chi connectivity index (χ3n) is 4.03. The van der Waals surface area contributed by atoms with Crippen LogP contribution < -0.4 is 10.1 Å². The number of rotatable bonds is 6. The number of hydrogen-bond acceptors (Lipinski definition) is 4. The first-order valence-electron chi connectivity index (χ1n) is 8.33. The van der Waals surface area contributed by atoms with Crippen LogP contribution in [0.3, 0.4) is 0 Å². The van der Waals surface area contributed by atoms with Crippen LogP contribution in [0.5, 0.6) is 5.75 Å². The molecule has 1 aromatic carbocycles. The molecular formula is C18H23N3O3. The van der Waals surface area contributed by atoms with Gasteiger partial charge in [-0.1, -0.05) is 18.2 Å². The van der Waals surface area contributed by atoms with Crippen molar-refractivity contribution in [3.05, 3.63) is 42.2 Å². The zero-order chi connectivity index (χ0) is 16.8. The maximum atomic E-state index is 12.0. The van der Waals surface area contributed by atoms with Crippen molar-refractivity contribution in [2.45, 2.75) is 38.8 Å². The van der Waals surface area contributed by atoms with E-state index >= 15 is 0 Å². The number of aryl methyl sites for hydroxylation is 1. The van der Waals surface area contributed by atoms with Gasteiger partial charge in [-0.25, -0.2) is 0 Å². The summed E-state index contributed by atoms with van der Waals surface area (Å²) >= 11 is 0. The number of hydrogen-bond donors (Lipinski definition) is 1. The standard InChI is InChI=1S/C18H23N3O3/c1-14-6-2-3-8-17(14)24-13-18(22)20-15-10-19-21(11-15)12-16-7-4-5-9-23-16/h2-3,6,8,10-11,16H,4-5,7,9,12-13H2,1H3,(H,20,22)/t16-/m0/s1. The van der Waals surface area contributed by atoms with E-state index in [1.54, 1.807) is 6.20 Å². The highest BCUT2D eigenvalue weighted by Crippen LogP contribution is 2.17. The van der Waals surface area contributed by atoms with Gasteiger partial charge in [-0.05, 0) is 37.8 Å². The van der Waals surface area contributed by atoms with Crippen LogP contribution in [-0.4, -0.2) is 35.0 Å². The van der Waals surface area contributed by atoms with Crippen LogP contribution in [0.25, 0.3) is 0 Å². The fourth-order valence-electron chi connectivity index (χ4n) is 2.75. The fourth-order valence-corrected chi connectivity index (χ4v) is 2.75. The Morgan fingerprint density at radius 1 is 1.42 bits per heavy atom. The minimum absolute atomic E-state index is 0.0260. The van der Waals surface area contributed by atoms with Crippen molar-refractivity contribution < 1.29 is 14.3 Å². The number of aromatic nitrogens is 2. The minimum atomic E-state index is -0.202. The predicted octanol–water partition coefficient (Wildman–Crippen LogP) is 2.78. The largest absolute Gasteiger partial charge is 0.483 e. The van der Waals surface area contributed by atoms with E-state index in [9.17, 15) is 4.79 Å². The summed E-state index contributed by atoms with van der Waals surface area (Å²) in [7, 11) is 0. The molecular weight excluding hydrogens is 306 g/mol. The third kappa shape index (κ3) is 4.58. The second kappa shape index (κ2) is 7.97. The number of para-hydroxylation sites is 1. The Morgan fingerprint density at radius 2 is 2.29 bits per heavy atom. The zero-order valence-corrected chi connectivity index (χ0v) is 13.9. The van der Waals surface area contributed by atoms with Crippen molar-refractivity contribution in [2.24, 2.45) is 0 Å². The molecule has 1 N–H and O–H groups in total. The van der Waals surface area contributed by atoms with Crippen molar-refractivity contribution in [3.63, 3.8) is 0 Å². The Balaban J connectivity index is 1.47. The second-order valence-electron chi connectivity index (χ2n) is 6.04. The molecule has 0 unspecified atom stereocenters. The molecule has 1 aromatic heterocycles. The van der Waals surface area contributed by atoms with Crippen LogP contribution in [0.1, 0.15) is 24.8 Å². The monoisotopic (exact) mass is 329 g/mol. The second-order valence-corrected chi connectivity index (χ2v) is 6.04. The molecule has 0 saturated carbocycles. The molecule has 0 aliphatic carbocycles. The first-order chi connectivity index (χ1) is 11.7. The summed E-state index contributed by atoms with van der Waals surface area (Å²) < 4.78 is 13.1. The molecule has 6 heteroatoms. The topological polar surface area (TPSA) is 65.4 Å². The lowest BCUT2D eigenvalue weighted by atomic mass is 10.1. The summed E-state index contributed by atoms with van der Waals surface area (Å²) in [5.41, 5.74) is 1.68. The Kier molecular flexibility index (Phi) is 5.48. The average Bonchev–Trinajstić information content (AvgIpc) is 3.02. The lowest BCUT2D eigenvalue weighted by Gasteiger charge is -2.22. The molecule has 0 bridgehead atoms. The van der Waals surface area contributed by atoms with Gasteiger partial charge in [0.2, 0.25) is 0 Å². The van der Waals surface area contributed by atoms with Crippen molar-refractivity contribution >= 4 is 11.6 Å². The fraction of sp³-hybridized carbons (Fsp3) is 0.444. The van der Waals surface area contributed by atoms with Crippen LogP contribution in [0.15, 0.2) is 36.7 Å². The predicted molar refractivity (Wildman–Crippen MR) is 91.1 cm³/mol. The molecule has 128 valence electrons. The number of anilines is 1. The van der Waals surface area contributed by atoms with Gasteiger partial charge in [-0.3, -0.25) is 9.48 Å². The van der Waals surface area contributed by atoms with E-state index < -0.39 is 0 Å². The molecule has 2 heterocycles. The summed E-state index contributed by atoms with van der Waals surface area (Å²) in [5.74, 6) is 0.518. The van der Waals surface area contributed by atoms with Crippen molar-refractivity contribution in [2.75, 3.05) is 18.5 Å². The van der Waals surface area contributed by atoms with Gasteiger partial charge in [0.25, 0.3) is 5.91 Å². The van der Waals surface area contributed by atoms with E-state index in [-0.39, 0.29) is 18.6 Å². The van der Waals surface area contributed by atoms with Gasteiger partial charge in [0.1, 0.15) is 5.75 Å². The number of carbonyl (C=O) groups is 1. The van der Waals surface area contributed by atoms with E-state index in [0.29, 0.717) is 5.69 Å². The van der Waals surface area contributed by atoms with E-state index in [2.05, 4.69) is 10.4 Å². The summed E-state index contributed by atoms with van der Waals surface area (Å²) in [6.07, 6.45) is 7.08. The van der Waals surface area contributed by atoms with Gasteiger partial charge in [0.15, 0.2) is 6.61 Å². The molecule has 1 amide bonds. The van der Waals surface area contributed by atoms with Gasteiger partial charge < -0.3 is 14.8 Å². The van der Waals surface area contributed by atoms with Crippen LogP contribution in [0.4, 0.5) is 5.69 Å². The number of amides is 1. The van der Waals surface area contributed by atoms with Gasteiger partial charge in [0.05, 0.1) is 24.5 Å². The van der Waals surface area contributed by atoms with Crippen molar-refractivity contribution in [3.8, 4) is 5.75 Å². The van der Waals surface area contributed by atoms with Gasteiger partial charge in [0, 0.05) is 12.8 Å². The molecule has 1 aliphatic rings. The molecule has 6 nitrogen and oxygen atoms in total. The molecule has 24 heavy (non-hydrogen) atoms. The van der Waals surface area contributed by atoms with Gasteiger partial charge in [-0.2, -0.15) is 5.10 Å². The zero-order valence-electron chi connectivity index (χ0n) is 13.9. The molecule has 1 fully saturated rings. The van der Waals surface area contributed by atoms with Gasteiger partial charge in [-0.15, -0.1) is 0 Å². The van der Waals surface area contributed by atoms with E-state index in [4.69, 9.17) is 9.47 Å². The highest BCUT2D eigenvalue weighted by molar-refractivity contribution is 5.91. The lowest BCUT2D eigenvalue weighted by Crippen LogP contribution is -2.24. The smallest absolute Gasteiger partial charge is 0.262 e. The Morgan fingerprint density at radius 3 is 3.08 bits per heavy atom. The third-order valence-corrected chi connectivity index (χ3v) is 4.03. The summed E-state index contributed by atoms with van der Waals surface area (Å²) in [4.78, 5) is 12.0. The summed E-state index contributed by atoms with van der Waals surface area (Å²) in [5, 5.41) is 7.08. The van der Waals surface area contributed by atoms with Crippen molar-refractivity contribution in [1.29, 1.82) is 0 Å². The maximum Gasteiger partial charge on any atom is 0.262 e. The van der Waals surface area contributed by atoms with E-state index in [0.717, 1.165) is 37.3 Å². The number of nitrogens with zero attached hydrogens (tertiary/aromatic N) is 2. The molecule has 1 atom stereocenters. The SMILES string of the molecule is Cc1ccccc1OCC(=O)Nc1cnn(C[C@@H]2CCCCO2)c1. The maximum absolute atomic E-state index is 12.0. The van der Waals surface area contributed by atoms with Crippen LogP contribution in [0, 0.1) is 6.92 Å². The lowest BCUT2D eigenvalue weighted by molar-refractivity contribution is -0.118. The minimum Gasteiger partial charge on any atom is -0.483 e. The highest BCUT2D eigenvalue weighted by atomic mass is 16.5. The first kappa shape index (κ1) is 16.5. The normalized spacial score (nSPS) is 17.5. The number of ether oxygens (including phenoxy) is 2. The summed E-state index contributed by atoms with van der Waals surface area (Å²) in [6, 6.07) is 7.62. The Labute approximate surface area is 141 Å². The van der Waals surface area contributed by atoms with Crippen LogP contribution in [0.2, 0.25) is 0 Å². The molecule has 1 aliphatic heterocycles. The average molecular weight is 329 g/mol. The number of benzene rings is 1. The summed E-state index contributed by atoms with van der Waals surface area (Å²) in [6.45, 7) is 3.47. The first-order valence-corrected chi connectivity index (χ1v) is 8.33. The highest BCUT2D eigenvalue weighted by Gasteiger charge is 2.15. The Bertz CT molecular complexity index is 678. The molecule has 0 radical (unpaired) electrons. The molecule has 0 spiro atoms. The number of nitrogens with one attached hydrogen (secondary N) is 1. The van der Waals surface area contributed by atoms with E-state index in [1.165, 1.54) is 6.42 Å². The van der Waals surface area contributed by atoms with Gasteiger partial charge >= 0.3 is 0 Å². The Hall–Kier alpha value is -2.34. The number of carbonyl (C=O) groups excluding carboxylic acids is 1. The quantitative estimate of drug-likeness (QED) is 0.885. The van der Waals surface area contributed by atoms with E-state index in [1.807, 2.05) is 42.1 Å². The molecule has 2 aromatic rings. The van der Waals surface area contributed by atoms with Crippen LogP contribution >= 0.6 is 0 Å². The van der Waals surface area contributed by atoms with Crippen LogP contribution in [-0.2, 0) is 16.1 Å².